The summed E-state index contributed by atoms with van der Waals surface area (Å²) in [6.07, 6.45) is 1.63. The van der Waals surface area contributed by atoms with E-state index >= 15 is 0 Å². The fourth-order valence-corrected chi connectivity index (χ4v) is 2.10. The lowest BCUT2D eigenvalue weighted by molar-refractivity contribution is 0.111. The van der Waals surface area contributed by atoms with E-state index in [-0.39, 0.29) is 0 Å². The second-order valence-electron chi connectivity index (χ2n) is 5.42. The molecule has 0 saturated carbocycles. The topological polar surface area (TPSA) is 34.9 Å². The molecule has 1 aromatic carbocycles. The Hall–Kier alpha value is -1.90. The lowest BCUT2D eigenvalue weighted by Gasteiger charge is -2.10. The van der Waals surface area contributed by atoms with Crippen molar-refractivity contribution in [1.29, 1.82) is 0 Å². The Morgan fingerprint density at radius 1 is 1.26 bits per heavy atom. The van der Waals surface area contributed by atoms with E-state index in [4.69, 9.17) is 0 Å². The molecule has 0 N–H and O–H groups in total. The number of aldehydes is 1. The number of benzene rings is 1. The minimum Gasteiger partial charge on any atom is -0.296 e. The Kier molecular flexibility index (Phi) is 4.15. The molecule has 0 radical (unpaired) electrons. The van der Waals surface area contributed by atoms with Gasteiger partial charge in [-0.2, -0.15) is 5.10 Å². The molecule has 0 bridgehead atoms. The van der Waals surface area contributed by atoms with E-state index in [1.54, 1.807) is 0 Å². The summed E-state index contributed by atoms with van der Waals surface area (Å²) in [7, 11) is 0. The maximum atomic E-state index is 10.9. The molecule has 0 saturated heterocycles. The van der Waals surface area contributed by atoms with Crippen molar-refractivity contribution in [3.8, 4) is 0 Å². The van der Waals surface area contributed by atoms with Crippen LogP contribution in [0.5, 0.6) is 0 Å². The quantitative estimate of drug-likeness (QED) is 0.770. The Morgan fingerprint density at radius 3 is 2.53 bits per heavy atom. The van der Waals surface area contributed by atoms with Gasteiger partial charge in [0.1, 0.15) is 5.69 Å². The molecule has 0 aliphatic carbocycles. The van der Waals surface area contributed by atoms with Crippen LogP contribution in [0.1, 0.15) is 41.2 Å². The second kappa shape index (κ2) is 5.83. The molecule has 0 spiro atoms. The molecule has 2 aromatic rings. The van der Waals surface area contributed by atoms with Gasteiger partial charge in [0.05, 0.1) is 0 Å². The fourth-order valence-electron chi connectivity index (χ4n) is 2.10. The Labute approximate surface area is 114 Å². The van der Waals surface area contributed by atoms with Crippen molar-refractivity contribution >= 4 is 6.29 Å². The Balaban J connectivity index is 2.24. The summed E-state index contributed by atoms with van der Waals surface area (Å²) >= 11 is 0. The van der Waals surface area contributed by atoms with Crippen LogP contribution < -0.4 is 0 Å². The van der Waals surface area contributed by atoms with E-state index in [1.807, 2.05) is 10.7 Å². The number of aromatic nitrogens is 2. The molecule has 3 nitrogen and oxygen atoms in total. The lowest BCUT2D eigenvalue weighted by Crippen LogP contribution is -2.10. The van der Waals surface area contributed by atoms with E-state index in [2.05, 4.69) is 50.1 Å². The number of hydrogen-bond acceptors (Lipinski definition) is 2. The highest BCUT2D eigenvalue weighted by molar-refractivity contribution is 5.71. The van der Waals surface area contributed by atoms with Gasteiger partial charge in [0.25, 0.3) is 0 Å². The Morgan fingerprint density at radius 2 is 1.95 bits per heavy atom. The summed E-state index contributed by atoms with van der Waals surface area (Å²) in [5.74, 6) is 0.510. The van der Waals surface area contributed by atoms with Crippen molar-refractivity contribution in [3.63, 3.8) is 0 Å². The minimum atomic E-state index is 0.510. The van der Waals surface area contributed by atoms with Gasteiger partial charge >= 0.3 is 0 Å². The minimum absolute atomic E-state index is 0.510. The summed E-state index contributed by atoms with van der Waals surface area (Å²) in [5, 5.41) is 4.33. The van der Waals surface area contributed by atoms with Crippen molar-refractivity contribution < 1.29 is 4.79 Å². The Bertz CT molecular complexity index is 553. The number of carbonyl (C=O) groups excluding carboxylic acids is 1. The molecule has 0 unspecified atom stereocenters. The molecule has 0 aliphatic rings. The highest BCUT2D eigenvalue weighted by atomic mass is 16.1. The third-order valence-electron chi connectivity index (χ3n) is 3.05. The van der Waals surface area contributed by atoms with Crippen LogP contribution in [0.3, 0.4) is 0 Å². The van der Waals surface area contributed by atoms with Crippen LogP contribution in [0.25, 0.3) is 0 Å². The monoisotopic (exact) mass is 256 g/mol. The first-order valence-electron chi connectivity index (χ1n) is 6.66. The van der Waals surface area contributed by atoms with Gasteiger partial charge in [-0.3, -0.25) is 9.48 Å². The highest BCUT2D eigenvalue weighted by Crippen LogP contribution is 2.13. The zero-order valence-electron chi connectivity index (χ0n) is 11.8. The SMILES string of the molecule is Cc1ccc(Cc2cc(C=O)nn2CC(C)C)cc1. The van der Waals surface area contributed by atoms with Crippen molar-refractivity contribution in [1.82, 2.24) is 9.78 Å². The molecule has 100 valence electrons. The smallest absolute Gasteiger partial charge is 0.170 e. The average Bonchev–Trinajstić information content (AvgIpc) is 2.74. The molecular formula is C16H20N2O. The van der Waals surface area contributed by atoms with Crippen molar-refractivity contribution in [2.45, 2.75) is 33.7 Å². The molecule has 3 heteroatoms. The van der Waals surface area contributed by atoms with Crippen LogP contribution in [-0.4, -0.2) is 16.1 Å². The van der Waals surface area contributed by atoms with Crippen LogP contribution >= 0.6 is 0 Å². The third kappa shape index (κ3) is 3.53. The van der Waals surface area contributed by atoms with E-state index in [9.17, 15) is 4.79 Å². The van der Waals surface area contributed by atoms with Gasteiger partial charge in [0.15, 0.2) is 6.29 Å². The van der Waals surface area contributed by atoms with Gasteiger partial charge in [-0.25, -0.2) is 0 Å². The van der Waals surface area contributed by atoms with Crippen LogP contribution in [0.15, 0.2) is 30.3 Å². The molecule has 1 aromatic heterocycles. The number of hydrogen-bond donors (Lipinski definition) is 0. The number of aryl methyl sites for hydroxylation is 1. The predicted molar refractivity (Wildman–Crippen MR) is 76.4 cm³/mol. The third-order valence-corrected chi connectivity index (χ3v) is 3.05. The van der Waals surface area contributed by atoms with Gasteiger partial charge < -0.3 is 0 Å². The summed E-state index contributed by atoms with van der Waals surface area (Å²) < 4.78 is 1.95. The van der Waals surface area contributed by atoms with E-state index < -0.39 is 0 Å². The molecule has 2 rings (SSSR count). The van der Waals surface area contributed by atoms with E-state index in [0.717, 1.165) is 24.9 Å². The van der Waals surface area contributed by atoms with Crippen LogP contribution in [0, 0.1) is 12.8 Å². The van der Waals surface area contributed by atoms with Crippen LogP contribution in [0.4, 0.5) is 0 Å². The summed E-state index contributed by atoms with van der Waals surface area (Å²) in [5.41, 5.74) is 4.11. The number of carbonyl (C=O) groups is 1. The predicted octanol–water partition coefficient (Wildman–Crippen LogP) is 3.25. The summed E-state index contributed by atoms with van der Waals surface area (Å²) in [4.78, 5) is 10.9. The van der Waals surface area contributed by atoms with Gasteiger partial charge in [0.2, 0.25) is 0 Å². The normalized spacial score (nSPS) is 10.9. The van der Waals surface area contributed by atoms with E-state index in [0.29, 0.717) is 11.6 Å². The van der Waals surface area contributed by atoms with Crippen LogP contribution in [0.2, 0.25) is 0 Å². The first kappa shape index (κ1) is 13.5. The van der Waals surface area contributed by atoms with Gasteiger partial charge in [-0.1, -0.05) is 43.7 Å². The zero-order chi connectivity index (χ0) is 13.8. The molecule has 1 heterocycles. The van der Waals surface area contributed by atoms with Crippen molar-refractivity contribution in [3.05, 3.63) is 52.8 Å². The molecular weight excluding hydrogens is 236 g/mol. The first-order valence-corrected chi connectivity index (χ1v) is 6.66. The first-order chi connectivity index (χ1) is 9.08. The maximum Gasteiger partial charge on any atom is 0.170 e. The average molecular weight is 256 g/mol. The second-order valence-corrected chi connectivity index (χ2v) is 5.42. The fraction of sp³-hybridized carbons (Fsp3) is 0.375. The van der Waals surface area contributed by atoms with Crippen molar-refractivity contribution in [2.75, 3.05) is 0 Å². The largest absolute Gasteiger partial charge is 0.296 e. The van der Waals surface area contributed by atoms with Gasteiger partial charge in [-0.15, -0.1) is 0 Å². The summed E-state index contributed by atoms with van der Waals surface area (Å²) in [6, 6.07) is 10.4. The molecule has 0 aliphatic heterocycles. The zero-order valence-corrected chi connectivity index (χ0v) is 11.8. The summed E-state index contributed by atoms with van der Waals surface area (Å²) in [6.45, 7) is 7.22. The van der Waals surface area contributed by atoms with E-state index in [1.165, 1.54) is 11.1 Å². The molecule has 19 heavy (non-hydrogen) atoms. The standard InChI is InChI=1S/C16H20N2O/c1-12(2)10-18-16(9-15(11-19)17-18)8-14-6-4-13(3)5-7-14/h4-7,9,11-12H,8,10H2,1-3H3. The molecule has 0 amide bonds. The van der Waals surface area contributed by atoms with Crippen LogP contribution in [-0.2, 0) is 13.0 Å². The molecule has 0 fully saturated rings. The number of nitrogens with zero attached hydrogens (tertiary/aromatic N) is 2. The highest BCUT2D eigenvalue weighted by Gasteiger charge is 2.09. The number of rotatable bonds is 5. The van der Waals surface area contributed by atoms with Crippen molar-refractivity contribution in [2.24, 2.45) is 5.92 Å². The maximum absolute atomic E-state index is 10.9. The van der Waals surface area contributed by atoms with Gasteiger partial charge in [-0.05, 0) is 24.5 Å². The molecule has 0 atom stereocenters. The van der Waals surface area contributed by atoms with Gasteiger partial charge in [0, 0.05) is 18.7 Å². The lowest BCUT2D eigenvalue weighted by atomic mass is 10.1.